The number of hydrogen-bond acceptors (Lipinski definition) is 3. The molecule has 1 atom stereocenters. The average molecular weight is 248 g/mol. The Labute approximate surface area is 109 Å². The zero-order valence-corrected chi connectivity index (χ0v) is 11.3. The van der Waals surface area contributed by atoms with Gasteiger partial charge in [0, 0.05) is 51.0 Å². The van der Waals surface area contributed by atoms with Gasteiger partial charge in [-0.05, 0) is 32.2 Å². The van der Waals surface area contributed by atoms with Crippen LogP contribution in [0.25, 0.3) is 0 Å². The van der Waals surface area contributed by atoms with E-state index in [9.17, 15) is 0 Å². The summed E-state index contributed by atoms with van der Waals surface area (Å²) in [5.74, 6) is 1.20. The molecular formula is C14H24N4. The summed E-state index contributed by atoms with van der Waals surface area (Å²) in [6, 6.07) is 1.57. The fourth-order valence-corrected chi connectivity index (χ4v) is 2.87. The van der Waals surface area contributed by atoms with Crippen LogP contribution in [-0.2, 0) is 13.5 Å². The van der Waals surface area contributed by atoms with Gasteiger partial charge in [0.2, 0.25) is 0 Å². The number of imidazole rings is 1. The maximum atomic E-state index is 4.40. The largest absolute Gasteiger partial charge is 0.338 e. The predicted molar refractivity (Wildman–Crippen MR) is 72.5 cm³/mol. The molecule has 0 bridgehead atoms. The predicted octanol–water partition coefficient (Wildman–Crippen LogP) is 1.18. The molecule has 1 aromatic heterocycles. The Morgan fingerprint density at radius 1 is 1.33 bits per heavy atom. The molecule has 0 radical (unpaired) electrons. The third kappa shape index (κ3) is 3.12. The highest BCUT2D eigenvalue weighted by Crippen LogP contribution is 2.21. The number of hydrogen-bond donors (Lipinski definition) is 1. The maximum Gasteiger partial charge on any atom is 0.109 e. The first-order valence-electron chi connectivity index (χ1n) is 7.26. The molecule has 0 spiro atoms. The third-order valence-corrected chi connectivity index (χ3v) is 4.13. The first kappa shape index (κ1) is 12.2. The van der Waals surface area contributed by atoms with Crippen LogP contribution in [0.5, 0.6) is 0 Å². The number of piperidine rings is 1. The number of rotatable bonds is 5. The van der Waals surface area contributed by atoms with Gasteiger partial charge < -0.3 is 14.8 Å². The summed E-state index contributed by atoms with van der Waals surface area (Å²) in [6.07, 6.45) is 10.5. The summed E-state index contributed by atoms with van der Waals surface area (Å²) in [4.78, 5) is 6.99. The van der Waals surface area contributed by atoms with Crippen LogP contribution in [0.15, 0.2) is 12.4 Å². The van der Waals surface area contributed by atoms with E-state index in [1.165, 1.54) is 44.6 Å². The van der Waals surface area contributed by atoms with E-state index in [4.69, 9.17) is 0 Å². The first-order valence-corrected chi connectivity index (χ1v) is 7.26. The first-order chi connectivity index (χ1) is 8.81. The van der Waals surface area contributed by atoms with Gasteiger partial charge in [0.05, 0.1) is 0 Å². The minimum Gasteiger partial charge on any atom is -0.338 e. The van der Waals surface area contributed by atoms with Crippen LogP contribution in [0.2, 0.25) is 0 Å². The van der Waals surface area contributed by atoms with Gasteiger partial charge in [-0.25, -0.2) is 4.98 Å². The van der Waals surface area contributed by atoms with Crippen LogP contribution in [0.3, 0.4) is 0 Å². The monoisotopic (exact) mass is 248 g/mol. The molecule has 1 aliphatic carbocycles. The minimum atomic E-state index is 0.729. The number of likely N-dealkylation sites (tertiary alicyclic amines) is 1. The summed E-state index contributed by atoms with van der Waals surface area (Å²) in [5.41, 5.74) is 0. The van der Waals surface area contributed by atoms with Crippen molar-refractivity contribution >= 4 is 0 Å². The van der Waals surface area contributed by atoms with Gasteiger partial charge in [-0.1, -0.05) is 0 Å². The van der Waals surface area contributed by atoms with Crippen molar-refractivity contribution in [3.8, 4) is 0 Å². The molecular weight excluding hydrogens is 224 g/mol. The van der Waals surface area contributed by atoms with Crippen LogP contribution in [-0.4, -0.2) is 46.2 Å². The quantitative estimate of drug-likeness (QED) is 0.849. The highest BCUT2D eigenvalue weighted by molar-refractivity contribution is 4.93. The molecule has 4 nitrogen and oxygen atoms in total. The molecule has 4 heteroatoms. The van der Waals surface area contributed by atoms with Crippen LogP contribution in [0, 0.1) is 0 Å². The second-order valence-corrected chi connectivity index (χ2v) is 5.79. The maximum absolute atomic E-state index is 4.40. The molecule has 2 heterocycles. The SMILES string of the molecule is Cn1ccnc1CCN1CCCC(NC2CC2)C1. The summed E-state index contributed by atoms with van der Waals surface area (Å²) < 4.78 is 2.13. The van der Waals surface area contributed by atoms with Gasteiger partial charge in [-0.3, -0.25) is 0 Å². The molecule has 1 aliphatic heterocycles. The standard InChI is InChI=1S/C14H24N4/c1-17-10-7-15-14(17)6-9-18-8-2-3-13(11-18)16-12-4-5-12/h7,10,12-13,16H,2-6,8-9,11H2,1H3. The number of nitrogens with zero attached hydrogens (tertiary/aromatic N) is 3. The highest BCUT2D eigenvalue weighted by Gasteiger charge is 2.27. The van der Waals surface area contributed by atoms with Crippen LogP contribution < -0.4 is 5.32 Å². The summed E-state index contributed by atoms with van der Waals surface area (Å²) in [6.45, 7) is 3.63. The molecule has 100 valence electrons. The molecule has 3 rings (SSSR count). The highest BCUT2D eigenvalue weighted by atomic mass is 15.2. The van der Waals surface area contributed by atoms with Crippen LogP contribution in [0.4, 0.5) is 0 Å². The van der Waals surface area contributed by atoms with Gasteiger partial charge in [0.1, 0.15) is 5.82 Å². The zero-order valence-electron chi connectivity index (χ0n) is 11.3. The molecule has 1 unspecified atom stereocenters. The lowest BCUT2D eigenvalue weighted by atomic mass is 10.1. The smallest absolute Gasteiger partial charge is 0.109 e. The van der Waals surface area contributed by atoms with E-state index in [1.807, 2.05) is 12.4 Å². The second-order valence-electron chi connectivity index (χ2n) is 5.79. The van der Waals surface area contributed by atoms with E-state index in [0.29, 0.717) is 0 Å². The Hall–Kier alpha value is -0.870. The molecule has 1 saturated carbocycles. The van der Waals surface area contributed by atoms with Gasteiger partial charge in [-0.2, -0.15) is 0 Å². The fourth-order valence-electron chi connectivity index (χ4n) is 2.87. The molecule has 1 saturated heterocycles. The van der Waals surface area contributed by atoms with Gasteiger partial charge in [0.25, 0.3) is 0 Å². The lowest BCUT2D eigenvalue weighted by Gasteiger charge is -2.33. The lowest BCUT2D eigenvalue weighted by Crippen LogP contribution is -2.47. The molecule has 2 fully saturated rings. The Balaban J connectivity index is 1.45. The molecule has 1 aromatic rings. The molecule has 2 aliphatic rings. The Kier molecular flexibility index (Phi) is 3.66. The van der Waals surface area contributed by atoms with Gasteiger partial charge in [0.15, 0.2) is 0 Å². The summed E-state index contributed by atoms with van der Waals surface area (Å²) >= 11 is 0. The average Bonchev–Trinajstić information content (AvgIpc) is 3.09. The number of aromatic nitrogens is 2. The van der Waals surface area contributed by atoms with Crippen LogP contribution in [0.1, 0.15) is 31.5 Å². The van der Waals surface area contributed by atoms with Crippen molar-refractivity contribution in [1.82, 2.24) is 19.8 Å². The van der Waals surface area contributed by atoms with Crippen LogP contribution >= 0.6 is 0 Å². The zero-order chi connectivity index (χ0) is 12.4. The van der Waals surface area contributed by atoms with Crippen molar-refractivity contribution in [1.29, 1.82) is 0 Å². The molecule has 18 heavy (non-hydrogen) atoms. The molecule has 1 N–H and O–H groups in total. The van der Waals surface area contributed by atoms with E-state index in [-0.39, 0.29) is 0 Å². The van der Waals surface area contributed by atoms with E-state index < -0.39 is 0 Å². The van der Waals surface area contributed by atoms with Gasteiger partial charge >= 0.3 is 0 Å². The van der Waals surface area contributed by atoms with Crippen molar-refractivity contribution in [2.75, 3.05) is 19.6 Å². The summed E-state index contributed by atoms with van der Waals surface area (Å²) in [5, 5.41) is 3.76. The second kappa shape index (κ2) is 5.41. The van der Waals surface area contributed by atoms with Crippen molar-refractivity contribution < 1.29 is 0 Å². The summed E-state index contributed by atoms with van der Waals surface area (Å²) in [7, 11) is 2.08. The van der Waals surface area contributed by atoms with E-state index in [0.717, 1.165) is 25.0 Å². The van der Waals surface area contributed by atoms with Gasteiger partial charge in [-0.15, -0.1) is 0 Å². The number of aryl methyl sites for hydroxylation is 1. The Bertz CT molecular complexity index is 383. The molecule has 0 aromatic carbocycles. The van der Waals surface area contributed by atoms with E-state index >= 15 is 0 Å². The normalized spacial score (nSPS) is 25.5. The topological polar surface area (TPSA) is 33.1 Å². The van der Waals surface area contributed by atoms with Crippen molar-refractivity contribution in [2.24, 2.45) is 7.05 Å². The third-order valence-electron chi connectivity index (χ3n) is 4.13. The minimum absolute atomic E-state index is 0.729. The molecule has 0 amide bonds. The Morgan fingerprint density at radius 2 is 2.22 bits per heavy atom. The van der Waals surface area contributed by atoms with E-state index in [1.54, 1.807) is 0 Å². The van der Waals surface area contributed by atoms with E-state index in [2.05, 4.69) is 26.8 Å². The van der Waals surface area contributed by atoms with Crippen molar-refractivity contribution in [3.63, 3.8) is 0 Å². The lowest BCUT2D eigenvalue weighted by molar-refractivity contribution is 0.190. The fraction of sp³-hybridized carbons (Fsp3) is 0.786. The number of nitrogens with one attached hydrogen (secondary N) is 1. The Morgan fingerprint density at radius 3 is 2.94 bits per heavy atom. The van der Waals surface area contributed by atoms with Crippen molar-refractivity contribution in [2.45, 2.75) is 44.2 Å². The van der Waals surface area contributed by atoms with Crippen molar-refractivity contribution in [3.05, 3.63) is 18.2 Å².